The number of rotatable bonds is 3. The first-order chi connectivity index (χ1) is 13.1. The van der Waals surface area contributed by atoms with Crippen LogP contribution in [0.2, 0.25) is 0 Å². The van der Waals surface area contributed by atoms with Crippen molar-refractivity contribution in [2.24, 2.45) is 0 Å². The molecule has 3 aromatic rings. The fourth-order valence-corrected chi connectivity index (χ4v) is 3.18. The van der Waals surface area contributed by atoms with Crippen LogP contribution in [0.15, 0.2) is 36.7 Å². The molecule has 2 aromatic heterocycles. The molecule has 1 aromatic carbocycles. The van der Waals surface area contributed by atoms with E-state index in [0.29, 0.717) is 12.2 Å². The van der Waals surface area contributed by atoms with Crippen molar-refractivity contribution in [1.82, 2.24) is 24.9 Å². The van der Waals surface area contributed by atoms with Crippen LogP contribution in [0.4, 0.5) is 0 Å². The maximum Gasteiger partial charge on any atom is 0.334 e. The van der Waals surface area contributed by atoms with Gasteiger partial charge in [0.1, 0.15) is 0 Å². The standard InChI is InChI=1S/C18H17N5O4/c1-11-16(17(24)22-7-8-27-15(10-22)18(25)26)20-21-23(11)14-4-2-3-12-9-19-6-5-13(12)14/h2-6,9,15H,7-8,10H2,1H3,(H,25,26)/t15-/m1/s1. The number of benzene rings is 1. The molecular formula is C18H17N5O4. The van der Waals surface area contributed by atoms with Gasteiger partial charge in [-0.15, -0.1) is 5.10 Å². The van der Waals surface area contributed by atoms with Crippen LogP contribution < -0.4 is 0 Å². The normalized spacial score (nSPS) is 17.2. The number of hydrogen-bond donors (Lipinski definition) is 1. The van der Waals surface area contributed by atoms with Crippen LogP contribution in [0.25, 0.3) is 16.5 Å². The molecule has 1 N–H and O–H groups in total. The number of carbonyl (C=O) groups is 2. The molecule has 9 nitrogen and oxygen atoms in total. The van der Waals surface area contributed by atoms with E-state index in [1.165, 1.54) is 4.90 Å². The predicted molar refractivity (Wildman–Crippen MR) is 94.7 cm³/mol. The highest BCUT2D eigenvalue weighted by atomic mass is 16.5. The summed E-state index contributed by atoms with van der Waals surface area (Å²) in [6.07, 6.45) is 2.43. The van der Waals surface area contributed by atoms with Crippen molar-refractivity contribution < 1.29 is 19.4 Å². The molecule has 0 radical (unpaired) electrons. The molecule has 0 unspecified atom stereocenters. The van der Waals surface area contributed by atoms with E-state index in [0.717, 1.165) is 16.5 Å². The zero-order valence-electron chi connectivity index (χ0n) is 14.6. The lowest BCUT2D eigenvalue weighted by Gasteiger charge is -2.30. The number of fused-ring (bicyclic) bond motifs is 1. The average molecular weight is 367 g/mol. The second-order valence-corrected chi connectivity index (χ2v) is 6.26. The van der Waals surface area contributed by atoms with Crippen LogP contribution in [-0.4, -0.2) is 67.7 Å². The molecule has 138 valence electrons. The molecular weight excluding hydrogens is 350 g/mol. The second kappa shape index (κ2) is 6.76. The van der Waals surface area contributed by atoms with Crippen molar-refractivity contribution in [3.8, 4) is 5.69 Å². The van der Waals surface area contributed by atoms with Gasteiger partial charge >= 0.3 is 5.97 Å². The van der Waals surface area contributed by atoms with Crippen molar-refractivity contribution in [1.29, 1.82) is 0 Å². The number of carbonyl (C=O) groups excluding carboxylic acids is 1. The molecule has 1 saturated heterocycles. The van der Waals surface area contributed by atoms with Crippen molar-refractivity contribution in [3.05, 3.63) is 48.0 Å². The maximum absolute atomic E-state index is 12.8. The third-order valence-electron chi connectivity index (χ3n) is 4.61. The number of amides is 1. The number of aromatic nitrogens is 4. The van der Waals surface area contributed by atoms with Gasteiger partial charge in [-0.3, -0.25) is 9.78 Å². The molecule has 1 amide bonds. The third-order valence-corrected chi connectivity index (χ3v) is 4.61. The molecule has 0 aliphatic carbocycles. The van der Waals surface area contributed by atoms with Gasteiger partial charge in [-0.2, -0.15) is 0 Å². The smallest absolute Gasteiger partial charge is 0.334 e. The number of carboxylic acid groups (broad SMARTS) is 1. The topological polar surface area (TPSA) is 110 Å². The summed E-state index contributed by atoms with van der Waals surface area (Å²) in [7, 11) is 0. The second-order valence-electron chi connectivity index (χ2n) is 6.26. The van der Waals surface area contributed by atoms with E-state index in [1.54, 1.807) is 24.0 Å². The van der Waals surface area contributed by atoms with Gasteiger partial charge in [-0.25, -0.2) is 9.48 Å². The number of nitrogens with zero attached hydrogens (tertiary/aromatic N) is 5. The number of carboxylic acids is 1. The van der Waals surface area contributed by atoms with E-state index in [-0.39, 0.29) is 24.8 Å². The molecule has 0 spiro atoms. The summed E-state index contributed by atoms with van der Waals surface area (Å²) in [6.45, 7) is 2.24. The quantitative estimate of drug-likeness (QED) is 0.736. The molecule has 1 aliphatic heterocycles. The van der Waals surface area contributed by atoms with Crippen molar-refractivity contribution in [2.75, 3.05) is 19.7 Å². The van der Waals surface area contributed by atoms with E-state index < -0.39 is 12.1 Å². The van der Waals surface area contributed by atoms with Crippen LogP contribution in [0.1, 0.15) is 16.2 Å². The summed E-state index contributed by atoms with van der Waals surface area (Å²) < 4.78 is 6.78. The number of ether oxygens (including phenoxy) is 1. The molecule has 3 heterocycles. The Balaban J connectivity index is 1.68. The molecule has 1 fully saturated rings. The van der Waals surface area contributed by atoms with Gasteiger partial charge in [-0.1, -0.05) is 17.3 Å². The largest absolute Gasteiger partial charge is 0.479 e. The maximum atomic E-state index is 12.8. The lowest BCUT2D eigenvalue weighted by Crippen LogP contribution is -2.48. The van der Waals surface area contributed by atoms with Crippen LogP contribution in [0.5, 0.6) is 0 Å². The summed E-state index contributed by atoms with van der Waals surface area (Å²) in [5, 5.41) is 19.2. The predicted octanol–water partition coefficient (Wildman–Crippen LogP) is 1.05. The van der Waals surface area contributed by atoms with Gasteiger partial charge in [0.15, 0.2) is 11.8 Å². The Kier molecular flexibility index (Phi) is 4.28. The fourth-order valence-electron chi connectivity index (χ4n) is 3.18. The average Bonchev–Trinajstić information content (AvgIpc) is 3.08. The lowest BCUT2D eigenvalue weighted by molar-refractivity contribution is -0.154. The van der Waals surface area contributed by atoms with Crippen LogP contribution in [0, 0.1) is 6.92 Å². The van der Waals surface area contributed by atoms with Crippen LogP contribution >= 0.6 is 0 Å². The first-order valence-electron chi connectivity index (χ1n) is 8.45. The Hall–Kier alpha value is -3.33. The Morgan fingerprint density at radius 2 is 2.15 bits per heavy atom. The lowest BCUT2D eigenvalue weighted by atomic mass is 10.1. The number of aliphatic carboxylic acids is 1. The van der Waals surface area contributed by atoms with E-state index >= 15 is 0 Å². The molecule has 9 heteroatoms. The van der Waals surface area contributed by atoms with E-state index in [9.17, 15) is 9.59 Å². The number of pyridine rings is 1. The van der Waals surface area contributed by atoms with Crippen LogP contribution in [-0.2, 0) is 9.53 Å². The van der Waals surface area contributed by atoms with Gasteiger partial charge < -0.3 is 14.7 Å². The molecule has 0 bridgehead atoms. The fraction of sp³-hybridized carbons (Fsp3) is 0.278. The first kappa shape index (κ1) is 17.1. The van der Waals surface area contributed by atoms with E-state index in [2.05, 4.69) is 15.3 Å². The van der Waals surface area contributed by atoms with Gasteiger partial charge in [0.25, 0.3) is 5.91 Å². The minimum Gasteiger partial charge on any atom is -0.479 e. The Labute approximate surface area is 154 Å². The van der Waals surface area contributed by atoms with Gasteiger partial charge in [0.05, 0.1) is 24.5 Å². The molecule has 4 rings (SSSR count). The van der Waals surface area contributed by atoms with Gasteiger partial charge in [0, 0.05) is 29.7 Å². The number of hydrogen-bond acceptors (Lipinski definition) is 6. The summed E-state index contributed by atoms with van der Waals surface area (Å²) in [6, 6.07) is 7.62. The highest BCUT2D eigenvalue weighted by molar-refractivity contribution is 5.94. The van der Waals surface area contributed by atoms with E-state index in [4.69, 9.17) is 9.84 Å². The first-order valence-corrected chi connectivity index (χ1v) is 8.45. The summed E-state index contributed by atoms with van der Waals surface area (Å²) in [4.78, 5) is 29.5. The molecule has 27 heavy (non-hydrogen) atoms. The summed E-state index contributed by atoms with van der Waals surface area (Å²) in [5.74, 6) is -1.44. The highest BCUT2D eigenvalue weighted by Gasteiger charge is 2.31. The summed E-state index contributed by atoms with van der Waals surface area (Å²) >= 11 is 0. The summed E-state index contributed by atoms with van der Waals surface area (Å²) in [5.41, 5.74) is 1.58. The third kappa shape index (κ3) is 3.02. The van der Waals surface area contributed by atoms with E-state index in [1.807, 2.05) is 24.3 Å². The van der Waals surface area contributed by atoms with Crippen molar-refractivity contribution >= 4 is 22.6 Å². The van der Waals surface area contributed by atoms with Crippen molar-refractivity contribution in [2.45, 2.75) is 13.0 Å². The minimum atomic E-state index is -1.09. The van der Waals surface area contributed by atoms with Gasteiger partial charge in [0.2, 0.25) is 0 Å². The van der Waals surface area contributed by atoms with Crippen LogP contribution in [0.3, 0.4) is 0 Å². The zero-order chi connectivity index (χ0) is 19.0. The Bertz CT molecular complexity index is 1030. The Morgan fingerprint density at radius 1 is 1.30 bits per heavy atom. The molecule has 1 atom stereocenters. The SMILES string of the molecule is Cc1c(C(=O)N2CCO[C@@H](C(=O)O)C2)nnn1-c1cccc2cnccc12. The monoisotopic (exact) mass is 367 g/mol. The molecule has 1 aliphatic rings. The zero-order valence-corrected chi connectivity index (χ0v) is 14.6. The van der Waals surface area contributed by atoms with Crippen molar-refractivity contribution in [3.63, 3.8) is 0 Å². The Morgan fingerprint density at radius 3 is 2.96 bits per heavy atom. The highest BCUT2D eigenvalue weighted by Crippen LogP contribution is 2.23. The number of morpholine rings is 1. The minimum absolute atomic E-state index is 0.0135. The molecule has 0 saturated carbocycles. The van der Waals surface area contributed by atoms with Gasteiger partial charge in [-0.05, 0) is 19.1 Å².